The van der Waals surface area contributed by atoms with Crippen LogP contribution in [-0.4, -0.2) is 18.2 Å². The summed E-state index contributed by atoms with van der Waals surface area (Å²) in [6.07, 6.45) is 5.31. The van der Waals surface area contributed by atoms with Gasteiger partial charge in [-0.25, -0.2) is 0 Å². The molecule has 1 N–H and O–H groups in total. The molecule has 1 unspecified atom stereocenters. The Morgan fingerprint density at radius 2 is 1.74 bits per heavy atom. The number of carboxylic acids is 1. The zero-order valence-electron chi connectivity index (χ0n) is 12.9. The highest BCUT2D eigenvalue weighted by molar-refractivity contribution is 5.68. The molecule has 0 saturated heterocycles. The minimum Gasteiger partial charge on any atom is -0.497 e. The van der Waals surface area contributed by atoms with E-state index >= 15 is 0 Å². The molecular formula is C19H18O4. The lowest BCUT2D eigenvalue weighted by molar-refractivity contribution is -0.137. The number of hydrogen-bond donors (Lipinski definition) is 1. The van der Waals surface area contributed by atoms with Crippen molar-refractivity contribution in [1.82, 2.24) is 0 Å². The van der Waals surface area contributed by atoms with E-state index in [0.717, 1.165) is 16.9 Å². The fourth-order valence-electron chi connectivity index (χ4n) is 2.13. The molecule has 0 aliphatic heterocycles. The maximum atomic E-state index is 10.8. The molecule has 0 heterocycles. The second-order valence-electron chi connectivity index (χ2n) is 5.02. The standard InChI is InChI=1S/C19H18O4/c1-3-15(12-19(20)21)16-6-10-18(11-7-16)23-13-14-4-8-17(22-2)9-5-14/h1,4-11,15H,12-13H2,2H3,(H,20,21). The van der Waals surface area contributed by atoms with E-state index in [0.29, 0.717) is 12.4 Å². The summed E-state index contributed by atoms with van der Waals surface area (Å²) in [6, 6.07) is 14.8. The average molecular weight is 310 g/mol. The molecule has 2 aromatic carbocycles. The third kappa shape index (κ3) is 4.79. The number of carbonyl (C=O) groups is 1. The van der Waals surface area contributed by atoms with Crippen molar-refractivity contribution < 1.29 is 19.4 Å². The fraction of sp³-hybridized carbons (Fsp3) is 0.211. The van der Waals surface area contributed by atoms with Crippen LogP contribution in [0.15, 0.2) is 48.5 Å². The van der Waals surface area contributed by atoms with Crippen molar-refractivity contribution in [3.05, 3.63) is 59.7 Å². The summed E-state index contributed by atoms with van der Waals surface area (Å²) in [5.41, 5.74) is 1.83. The summed E-state index contributed by atoms with van der Waals surface area (Å²) in [5.74, 6) is 2.67. The molecule has 0 aliphatic carbocycles. The van der Waals surface area contributed by atoms with E-state index in [-0.39, 0.29) is 6.42 Å². The molecule has 0 radical (unpaired) electrons. The van der Waals surface area contributed by atoms with Gasteiger partial charge in [-0.3, -0.25) is 4.79 Å². The molecule has 0 aliphatic rings. The van der Waals surface area contributed by atoms with Crippen molar-refractivity contribution in [1.29, 1.82) is 0 Å². The van der Waals surface area contributed by atoms with Crippen LogP contribution in [0.4, 0.5) is 0 Å². The third-order valence-corrected chi connectivity index (χ3v) is 3.43. The number of benzene rings is 2. The van der Waals surface area contributed by atoms with Crippen molar-refractivity contribution >= 4 is 5.97 Å². The predicted molar refractivity (Wildman–Crippen MR) is 87.6 cm³/mol. The van der Waals surface area contributed by atoms with Crippen LogP contribution in [0.25, 0.3) is 0 Å². The van der Waals surface area contributed by atoms with E-state index in [2.05, 4.69) is 5.92 Å². The van der Waals surface area contributed by atoms with Gasteiger partial charge >= 0.3 is 5.97 Å². The largest absolute Gasteiger partial charge is 0.497 e. The molecule has 0 aromatic heterocycles. The maximum absolute atomic E-state index is 10.8. The van der Waals surface area contributed by atoms with E-state index in [9.17, 15) is 4.79 Å². The second-order valence-corrected chi connectivity index (χ2v) is 5.02. The van der Waals surface area contributed by atoms with Gasteiger partial charge in [0, 0.05) is 0 Å². The van der Waals surface area contributed by atoms with Gasteiger partial charge in [-0.05, 0) is 35.4 Å². The van der Waals surface area contributed by atoms with Crippen LogP contribution >= 0.6 is 0 Å². The van der Waals surface area contributed by atoms with Gasteiger partial charge in [0.05, 0.1) is 19.4 Å². The molecule has 2 rings (SSSR count). The van der Waals surface area contributed by atoms with Gasteiger partial charge in [0.1, 0.15) is 18.1 Å². The van der Waals surface area contributed by atoms with Crippen LogP contribution in [0.1, 0.15) is 23.5 Å². The first-order valence-corrected chi connectivity index (χ1v) is 7.16. The van der Waals surface area contributed by atoms with Gasteiger partial charge in [0.15, 0.2) is 0 Å². The van der Waals surface area contributed by atoms with Crippen LogP contribution in [0, 0.1) is 12.3 Å². The summed E-state index contributed by atoms with van der Waals surface area (Å²) in [4.78, 5) is 10.8. The minimum absolute atomic E-state index is 0.0808. The number of methoxy groups -OCH3 is 1. The van der Waals surface area contributed by atoms with E-state index in [1.165, 1.54) is 0 Å². The van der Waals surface area contributed by atoms with E-state index in [4.69, 9.17) is 21.0 Å². The number of carboxylic acid groups (broad SMARTS) is 1. The van der Waals surface area contributed by atoms with Crippen LogP contribution in [0.3, 0.4) is 0 Å². The second kappa shape index (κ2) is 7.90. The predicted octanol–water partition coefficient (Wildman–Crippen LogP) is 3.47. The first-order chi connectivity index (χ1) is 11.1. The Morgan fingerprint density at radius 1 is 1.13 bits per heavy atom. The number of rotatable bonds is 7. The first-order valence-electron chi connectivity index (χ1n) is 7.16. The number of terminal acetylenes is 1. The summed E-state index contributed by atoms with van der Waals surface area (Å²) in [7, 11) is 1.63. The van der Waals surface area contributed by atoms with Crippen molar-refractivity contribution in [3.63, 3.8) is 0 Å². The minimum atomic E-state index is -0.909. The summed E-state index contributed by atoms with van der Waals surface area (Å²) in [5, 5.41) is 8.85. The van der Waals surface area contributed by atoms with Crippen LogP contribution < -0.4 is 9.47 Å². The summed E-state index contributed by atoms with van der Waals surface area (Å²) >= 11 is 0. The highest BCUT2D eigenvalue weighted by atomic mass is 16.5. The molecule has 4 nitrogen and oxygen atoms in total. The van der Waals surface area contributed by atoms with Crippen molar-refractivity contribution in [2.75, 3.05) is 7.11 Å². The Morgan fingerprint density at radius 3 is 2.26 bits per heavy atom. The molecule has 0 amide bonds. The molecule has 1 atom stereocenters. The van der Waals surface area contributed by atoms with E-state index in [1.807, 2.05) is 24.3 Å². The van der Waals surface area contributed by atoms with E-state index < -0.39 is 11.9 Å². The van der Waals surface area contributed by atoms with Gasteiger partial charge in [-0.15, -0.1) is 6.42 Å². The number of aliphatic carboxylic acids is 1. The van der Waals surface area contributed by atoms with Gasteiger partial charge < -0.3 is 14.6 Å². The van der Waals surface area contributed by atoms with Gasteiger partial charge in [-0.2, -0.15) is 0 Å². The lowest BCUT2D eigenvalue weighted by atomic mass is 9.97. The molecule has 2 aromatic rings. The Bertz CT molecular complexity index is 681. The Labute approximate surface area is 135 Å². The van der Waals surface area contributed by atoms with E-state index in [1.54, 1.807) is 31.4 Å². The molecule has 0 bridgehead atoms. The molecule has 23 heavy (non-hydrogen) atoms. The van der Waals surface area contributed by atoms with Crippen molar-refractivity contribution in [3.8, 4) is 23.8 Å². The van der Waals surface area contributed by atoms with Crippen molar-refractivity contribution in [2.24, 2.45) is 0 Å². The number of ether oxygens (including phenoxy) is 2. The third-order valence-electron chi connectivity index (χ3n) is 3.43. The van der Waals surface area contributed by atoms with Crippen LogP contribution in [0.5, 0.6) is 11.5 Å². The lowest BCUT2D eigenvalue weighted by Crippen LogP contribution is -2.04. The van der Waals surface area contributed by atoms with Crippen LogP contribution in [-0.2, 0) is 11.4 Å². The zero-order valence-corrected chi connectivity index (χ0v) is 12.9. The summed E-state index contributed by atoms with van der Waals surface area (Å²) in [6.45, 7) is 0.442. The van der Waals surface area contributed by atoms with Gasteiger partial charge in [-0.1, -0.05) is 30.2 Å². The van der Waals surface area contributed by atoms with Crippen molar-refractivity contribution in [2.45, 2.75) is 18.9 Å². The number of hydrogen-bond acceptors (Lipinski definition) is 3. The fourth-order valence-corrected chi connectivity index (χ4v) is 2.13. The van der Waals surface area contributed by atoms with Gasteiger partial charge in [0.2, 0.25) is 0 Å². The first kappa shape index (κ1) is 16.4. The summed E-state index contributed by atoms with van der Waals surface area (Å²) < 4.78 is 10.8. The molecule has 0 spiro atoms. The van der Waals surface area contributed by atoms with Gasteiger partial charge in [0.25, 0.3) is 0 Å². The molecule has 0 saturated carbocycles. The zero-order chi connectivity index (χ0) is 16.7. The van der Waals surface area contributed by atoms with Crippen LogP contribution in [0.2, 0.25) is 0 Å². The lowest BCUT2D eigenvalue weighted by Gasteiger charge is -2.11. The molecule has 0 fully saturated rings. The molecular weight excluding hydrogens is 292 g/mol. The maximum Gasteiger partial charge on any atom is 0.304 e. The average Bonchev–Trinajstić information content (AvgIpc) is 2.58. The highest BCUT2D eigenvalue weighted by Crippen LogP contribution is 2.22. The topological polar surface area (TPSA) is 55.8 Å². The Hall–Kier alpha value is -2.93. The quantitative estimate of drug-likeness (QED) is 0.796. The normalized spacial score (nSPS) is 11.3. The Kier molecular flexibility index (Phi) is 5.65. The smallest absolute Gasteiger partial charge is 0.304 e. The molecule has 118 valence electrons. The molecule has 4 heteroatoms. The monoisotopic (exact) mass is 310 g/mol. The SMILES string of the molecule is C#CC(CC(=O)O)c1ccc(OCc2ccc(OC)cc2)cc1. The Balaban J connectivity index is 1.96. The highest BCUT2D eigenvalue weighted by Gasteiger charge is 2.12.